The fourth-order valence-electron chi connectivity index (χ4n) is 5.60. The monoisotopic (exact) mass is 782 g/mol. The van der Waals surface area contributed by atoms with Gasteiger partial charge in [0.2, 0.25) is 5.71 Å². The molecule has 0 saturated carbocycles. The molecule has 0 aliphatic carbocycles. The van der Waals surface area contributed by atoms with Gasteiger partial charge in [-0.1, -0.05) is 91.6 Å². The number of nitrogens with zero attached hydrogens (tertiary/aromatic N) is 3. The summed E-state index contributed by atoms with van der Waals surface area (Å²) in [6.45, 7) is 9.41. The van der Waals surface area contributed by atoms with Crippen molar-refractivity contribution in [3.63, 3.8) is 0 Å². The number of rotatable bonds is 6. The molecule has 0 aliphatic heterocycles. The van der Waals surface area contributed by atoms with Gasteiger partial charge in [-0.3, -0.25) is 0 Å². The Hall–Kier alpha value is -4.22. The number of pyridine rings is 3. The van der Waals surface area contributed by atoms with Crippen molar-refractivity contribution in [2.24, 2.45) is 5.92 Å². The van der Waals surface area contributed by atoms with E-state index < -0.39 is 8.07 Å². The van der Waals surface area contributed by atoms with Crippen LogP contribution in [0, 0.1) is 18.1 Å². The smallest absolute Gasteiger partial charge is 0.216 e. The molecule has 0 spiro atoms. The average molecular weight is 782 g/mol. The summed E-state index contributed by atoms with van der Waals surface area (Å²) in [5.74, 6) is 0.569. The first kappa shape index (κ1) is 32.2. The third kappa shape index (κ3) is 7.20. The van der Waals surface area contributed by atoms with E-state index in [0.717, 1.165) is 45.3 Å². The van der Waals surface area contributed by atoms with Crippen LogP contribution in [0.1, 0.15) is 19.4 Å². The summed E-state index contributed by atoms with van der Waals surface area (Å²) < 4.78 is 5.88. The Morgan fingerprint density at radius 2 is 1.51 bits per heavy atom. The van der Waals surface area contributed by atoms with E-state index in [2.05, 4.69) is 97.7 Å². The number of hydrogen-bond donors (Lipinski definition) is 0. The van der Waals surface area contributed by atoms with Crippen LogP contribution in [0.2, 0.25) is 13.1 Å². The first-order valence-electron chi connectivity index (χ1n) is 15.0. The third-order valence-corrected chi connectivity index (χ3v) is 11.5. The summed E-state index contributed by atoms with van der Waals surface area (Å²) in [7, 11) is -1.86. The van der Waals surface area contributed by atoms with Crippen molar-refractivity contribution in [2.45, 2.75) is 33.4 Å². The quantitative estimate of drug-likeness (QED) is 0.126. The molecule has 227 valence electrons. The molecular formula is C39H35IrN3OSi-2. The Balaban J connectivity index is 0.000000258. The molecule has 7 rings (SSSR count). The summed E-state index contributed by atoms with van der Waals surface area (Å²) in [5.41, 5.74) is 6.82. The van der Waals surface area contributed by atoms with E-state index in [0.29, 0.717) is 11.6 Å². The molecule has 0 N–H and O–H groups in total. The minimum atomic E-state index is -1.86. The van der Waals surface area contributed by atoms with Gasteiger partial charge >= 0.3 is 0 Å². The maximum Gasteiger partial charge on any atom is 0.216 e. The number of fused-ring (bicyclic) bond motifs is 3. The Morgan fingerprint density at radius 3 is 2.24 bits per heavy atom. The number of furan rings is 1. The Kier molecular flexibility index (Phi) is 10.2. The molecule has 3 aromatic carbocycles. The van der Waals surface area contributed by atoms with Crippen molar-refractivity contribution in [3.05, 3.63) is 139 Å². The van der Waals surface area contributed by atoms with Crippen LogP contribution in [0.3, 0.4) is 0 Å². The van der Waals surface area contributed by atoms with Gasteiger partial charge in [-0.05, 0) is 47.1 Å². The number of aromatic nitrogens is 3. The number of hydrogen-bond acceptors (Lipinski definition) is 4. The van der Waals surface area contributed by atoms with Gasteiger partial charge in [-0.25, -0.2) is 4.98 Å². The zero-order chi connectivity index (χ0) is 30.5. The molecule has 0 atom stereocenters. The molecule has 0 unspecified atom stereocenters. The second kappa shape index (κ2) is 14.3. The van der Waals surface area contributed by atoms with Crippen molar-refractivity contribution in [1.29, 1.82) is 0 Å². The molecule has 0 saturated heterocycles. The van der Waals surface area contributed by atoms with Crippen LogP contribution in [-0.4, -0.2) is 23.0 Å². The van der Waals surface area contributed by atoms with E-state index in [1.165, 1.54) is 15.9 Å². The summed E-state index contributed by atoms with van der Waals surface area (Å²) in [6, 6.07) is 41.4. The molecule has 0 fully saturated rings. The van der Waals surface area contributed by atoms with E-state index in [1.54, 1.807) is 12.4 Å². The van der Waals surface area contributed by atoms with Crippen LogP contribution in [0.25, 0.3) is 44.6 Å². The summed E-state index contributed by atoms with van der Waals surface area (Å²) in [5, 5.41) is 4.93. The van der Waals surface area contributed by atoms with Crippen molar-refractivity contribution < 1.29 is 24.5 Å². The predicted octanol–water partition coefficient (Wildman–Crippen LogP) is 8.41. The van der Waals surface area contributed by atoms with Gasteiger partial charge in [0.25, 0.3) is 0 Å². The molecular weight excluding hydrogens is 747 g/mol. The summed E-state index contributed by atoms with van der Waals surface area (Å²) in [4.78, 5) is 13.5. The molecule has 4 aromatic heterocycles. The average Bonchev–Trinajstić information content (AvgIpc) is 3.44. The molecule has 0 bridgehead atoms. The zero-order valence-electron chi connectivity index (χ0n) is 25.9. The van der Waals surface area contributed by atoms with Crippen LogP contribution in [0.15, 0.2) is 126 Å². The van der Waals surface area contributed by atoms with E-state index in [9.17, 15) is 0 Å². The van der Waals surface area contributed by atoms with Gasteiger partial charge in [0.05, 0.1) is 5.58 Å². The van der Waals surface area contributed by atoms with Gasteiger partial charge in [0.1, 0.15) is 8.07 Å². The van der Waals surface area contributed by atoms with Gasteiger partial charge in [-0.2, -0.15) is 0 Å². The fraction of sp³-hybridized carbons (Fsp3) is 0.154. The number of benzene rings is 3. The minimum absolute atomic E-state index is 0. The second-order valence-corrected chi connectivity index (χ2v) is 16.3. The minimum Gasteiger partial charge on any atom is -0.486 e. The van der Waals surface area contributed by atoms with Gasteiger partial charge in [0, 0.05) is 44.1 Å². The van der Waals surface area contributed by atoms with E-state index in [4.69, 9.17) is 9.40 Å². The first-order chi connectivity index (χ1) is 21.4. The predicted molar refractivity (Wildman–Crippen MR) is 184 cm³/mol. The maximum absolute atomic E-state index is 5.88. The zero-order valence-corrected chi connectivity index (χ0v) is 29.3. The SMILES string of the molecule is CC(C)Cc1cc(-c2[c-]cc3oc4ncccc4c3c2)ncc1[Si](C)(C)c1ccccc1.[Ir].[c-]1ccccc1-c1ccccn1. The Morgan fingerprint density at radius 1 is 0.733 bits per heavy atom. The van der Waals surface area contributed by atoms with E-state index >= 15 is 0 Å². The van der Waals surface area contributed by atoms with Crippen LogP contribution in [0.5, 0.6) is 0 Å². The van der Waals surface area contributed by atoms with E-state index in [-0.39, 0.29) is 20.1 Å². The first-order valence-corrected chi connectivity index (χ1v) is 18.0. The summed E-state index contributed by atoms with van der Waals surface area (Å²) in [6.07, 6.45) is 6.70. The molecule has 7 aromatic rings. The molecule has 0 amide bonds. The fourth-order valence-corrected chi connectivity index (χ4v) is 8.30. The van der Waals surface area contributed by atoms with Crippen LogP contribution in [0.4, 0.5) is 0 Å². The van der Waals surface area contributed by atoms with Crippen LogP contribution >= 0.6 is 0 Å². The van der Waals surface area contributed by atoms with Crippen molar-refractivity contribution >= 4 is 40.5 Å². The topological polar surface area (TPSA) is 51.8 Å². The van der Waals surface area contributed by atoms with Gasteiger partial charge < -0.3 is 14.4 Å². The molecule has 1 radical (unpaired) electrons. The van der Waals surface area contributed by atoms with Crippen LogP contribution in [-0.2, 0) is 26.5 Å². The Labute approximate surface area is 280 Å². The van der Waals surface area contributed by atoms with Crippen molar-refractivity contribution in [3.8, 4) is 22.5 Å². The molecule has 6 heteroatoms. The molecule has 0 aliphatic rings. The van der Waals surface area contributed by atoms with Crippen molar-refractivity contribution in [1.82, 2.24) is 15.0 Å². The third-order valence-electron chi connectivity index (χ3n) is 7.89. The second-order valence-electron chi connectivity index (χ2n) is 11.9. The van der Waals surface area contributed by atoms with Gasteiger partial charge in [0.15, 0.2) is 0 Å². The molecule has 4 nitrogen and oxygen atoms in total. The molecule has 45 heavy (non-hydrogen) atoms. The molecule has 4 heterocycles. The summed E-state index contributed by atoms with van der Waals surface area (Å²) >= 11 is 0. The standard InChI is InChI=1S/C28H27N2OSi.C11H8N.Ir/c1-19(2)15-21-17-25(30-18-27(21)32(3,4)22-9-6-5-7-10-22)20-12-13-26-24(16-20)23-11-8-14-29-28(23)31-26;1-2-6-10(7-3-1)11-8-4-5-9-12-11;/h5-11,13-14,16-19H,15H2,1-4H3;1-6,8-9H;/q2*-1;. The van der Waals surface area contributed by atoms with Crippen LogP contribution < -0.4 is 10.4 Å². The Bertz CT molecular complexity index is 1950. The normalized spacial score (nSPS) is 11.2. The van der Waals surface area contributed by atoms with Crippen molar-refractivity contribution in [2.75, 3.05) is 0 Å². The van der Waals surface area contributed by atoms with E-state index in [1.807, 2.05) is 60.7 Å². The maximum atomic E-state index is 5.88. The largest absolute Gasteiger partial charge is 0.486 e. The van der Waals surface area contributed by atoms with Gasteiger partial charge in [-0.15, -0.1) is 59.7 Å².